The van der Waals surface area contributed by atoms with Crippen LogP contribution in [0.25, 0.3) is 10.4 Å². The lowest BCUT2D eigenvalue weighted by Crippen LogP contribution is -1.80. The molecule has 2 rings (SSSR count). The van der Waals surface area contributed by atoms with Gasteiger partial charge in [0.2, 0.25) is 0 Å². The minimum atomic E-state index is 1.12. The van der Waals surface area contributed by atoms with Crippen molar-refractivity contribution in [3.8, 4) is 10.4 Å². The van der Waals surface area contributed by atoms with E-state index in [2.05, 4.69) is 37.0 Å². The fourth-order valence-corrected chi connectivity index (χ4v) is 2.16. The molecule has 0 saturated carbocycles. The summed E-state index contributed by atoms with van der Waals surface area (Å²) >= 11 is 1.74. The summed E-state index contributed by atoms with van der Waals surface area (Å²) in [5.41, 5.74) is 3.96. The molecule has 0 atom stereocenters. The molecule has 1 aromatic heterocycles. The van der Waals surface area contributed by atoms with E-state index in [0.29, 0.717) is 0 Å². The van der Waals surface area contributed by atoms with Gasteiger partial charge in [0.25, 0.3) is 0 Å². The van der Waals surface area contributed by atoms with Gasteiger partial charge in [-0.15, -0.1) is 11.3 Å². The Bertz CT molecular complexity index is 457. The Balaban J connectivity index is 2.47. The van der Waals surface area contributed by atoms with Gasteiger partial charge in [-0.3, -0.25) is 0 Å². The molecule has 1 heterocycles. The van der Waals surface area contributed by atoms with Crippen LogP contribution in [0.15, 0.2) is 24.4 Å². The molecule has 0 spiro atoms. The minimum Gasteiger partial charge on any atom is -0.249 e. The standard InChI is InChI=1S/C12H13NS/c1-8-4-5-11(6-9(8)2)12-7-13-10(3)14-12/h4-7H,1-3H3. The first-order valence-corrected chi connectivity index (χ1v) is 5.48. The number of nitrogens with zero attached hydrogens (tertiary/aromatic N) is 1. The summed E-state index contributed by atoms with van der Waals surface area (Å²) in [6, 6.07) is 6.55. The molecule has 14 heavy (non-hydrogen) atoms. The molecule has 2 heteroatoms. The molecule has 72 valence electrons. The van der Waals surface area contributed by atoms with Crippen LogP contribution in [0.1, 0.15) is 16.1 Å². The van der Waals surface area contributed by atoms with Crippen molar-refractivity contribution in [2.75, 3.05) is 0 Å². The summed E-state index contributed by atoms with van der Waals surface area (Å²) in [5.74, 6) is 0. The molecule has 0 aliphatic rings. The van der Waals surface area contributed by atoms with Gasteiger partial charge in [-0.25, -0.2) is 4.98 Å². The number of thiazole rings is 1. The van der Waals surface area contributed by atoms with Gasteiger partial charge in [-0.05, 0) is 37.5 Å². The quantitative estimate of drug-likeness (QED) is 0.688. The molecule has 0 aliphatic heterocycles. The summed E-state index contributed by atoms with van der Waals surface area (Å²) in [4.78, 5) is 5.52. The smallest absolute Gasteiger partial charge is 0.0900 e. The molecule has 0 saturated heterocycles. The molecule has 0 amide bonds. The fraction of sp³-hybridized carbons (Fsp3) is 0.250. The first kappa shape index (κ1) is 9.41. The Morgan fingerprint density at radius 1 is 1.07 bits per heavy atom. The van der Waals surface area contributed by atoms with Crippen LogP contribution in [0.5, 0.6) is 0 Å². The summed E-state index contributed by atoms with van der Waals surface area (Å²) in [7, 11) is 0. The van der Waals surface area contributed by atoms with Gasteiger partial charge in [0.05, 0.1) is 9.88 Å². The van der Waals surface area contributed by atoms with E-state index < -0.39 is 0 Å². The van der Waals surface area contributed by atoms with Crippen molar-refractivity contribution in [1.29, 1.82) is 0 Å². The summed E-state index contributed by atoms with van der Waals surface area (Å²) in [6.45, 7) is 6.32. The van der Waals surface area contributed by atoms with E-state index in [1.54, 1.807) is 11.3 Å². The van der Waals surface area contributed by atoms with Crippen molar-refractivity contribution < 1.29 is 0 Å². The lowest BCUT2D eigenvalue weighted by atomic mass is 10.1. The normalized spacial score (nSPS) is 10.5. The average molecular weight is 203 g/mol. The van der Waals surface area contributed by atoms with Crippen LogP contribution in [0.4, 0.5) is 0 Å². The predicted molar refractivity (Wildman–Crippen MR) is 61.8 cm³/mol. The highest BCUT2D eigenvalue weighted by atomic mass is 32.1. The number of hydrogen-bond donors (Lipinski definition) is 0. The number of rotatable bonds is 1. The van der Waals surface area contributed by atoms with E-state index in [4.69, 9.17) is 0 Å². The van der Waals surface area contributed by atoms with E-state index in [1.165, 1.54) is 21.6 Å². The highest BCUT2D eigenvalue weighted by Gasteiger charge is 2.02. The maximum atomic E-state index is 4.26. The third-order valence-electron chi connectivity index (χ3n) is 2.41. The Labute approximate surface area is 88.4 Å². The minimum absolute atomic E-state index is 1.12. The van der Waals surface area contributed by atoms with Crippen molar-refractivity contribution in [2.45, 2.75) is 20.8 Å². The Hall–Kier alpha value is -1.15. The molecule has 0 N–H and O–H groups in total. The Kier molecular flexibility index (Phi) is 2.38. The number of hydrogen-bond acceptors (Lipinski definition) is 2. The van der Waals surface area contributed by atoms with Crippen LogP contribution in [0.3, 0.4) is 0 Å². The molecule has 2 aromatic rings. The molecule has 1 aromatic carbocycles. The second-order valence-corrected chi connectivity index (χ2v) is 4.78. The SMILES string of the molecule is Cc1ncc(-c2ccc(C)c(C)c2)s1. The second kappa shape index (κ2) is 3.54. The molecule has 0 bridgehead atoms. The Morgan fingerprint density at radius 3 is 2.43 bits per heavy atom. The van der Waals surface area contributed by atoms with Crippen LogP contribution >= 0.6 is 11.3 Å². The summed E-state index contributed by atoms with van der Waals surface area (Å²) in [6.07, 6.45) is 1.95. The lowest BCUT2D eigenvalue weighted by Gasteiger charge is -2.02. The monoisotopic (exact) mass is 203 g/mol. The van der Waals surface area contributed by atoms with Crippen molar-refractivity contribution >= 4 is 11.3 Å². The molecule has 0 fully saturated rings. The predicted octanol–water partition coefficient (Wildman–Crippen LogP) is 3.74. The van der Waals surface area contributed by atoms with Gasteiger partial charge in [0, 0.05) is 6.20 Å². The van der Waals surface area contributed by atoms with Crippen LogP contribution in [-0.4, -0.2) is 4.98 Å². The largest absolute Gasteiger partial charge is 0.249 e. The molecule has 0 radical (unpaired) electrons. The first-order valence-electron chi connectivity index (χ1n) is 4.67. The Morgan fingerprint density at radius 2 is 1.86 bits per heavy atom. The van der Waals surface area contributed by atoms with Gasteiger partial charge < -0.3 is 0 Å². The van der Waals surface area contributed by atoms with Gasteiger partial charge in [-0.2, -0.15) is 0 Å². The third-order valence-corrected chi connectivity index (χ3v) is 3.37. The maximum absolute atomic E-state index is 4.26. The molecular weight excluding hydrogens is 190 g/mol. The molecule has 0 unspecified atom stereocenters. The van der Waals surface area contributed by atoms with Crippen LogP contribution < -0.4 is 0 Å². The van der Waals surface area contributed by atoms with Crippen LogP contribution in [0, 0.1) is 20.8 Å². The third kappa shape index (κ3) is 1.70. The summed E-state index contributed by atoms with van der Waals surface area (Å²) in [5, 5.41) is 1.12. The van der Waals surface area contributed by atoms with Crippen molar-refractivity contribution in [3.05, 3.63) is 40.5 Å². The fourth-order valence-electron chi connectivity index (χ4n) is 1.39. The summed E-state index contributed by atoms with van der Waals surface area (Å²) < 4.78 is 0. The van der Waals surface area contributed by atoms with Crippen LogP contribution in [-0.2, 0) is 0 Å². The van der Waals surface area contributed by atoms with E-state index in [9.17, 15) is 0 Å². The average Bonchev–Trinajstić information content (AvgIpc) is 2.57. The topological polar surface area (TPSA) is 12.9 Å². The van der Waals surface area contributed by atoms with Crippen molar-refractivity contribution in [2.24, 2.45) is 0 Å². The van der Waals surface area contributed by atoms with Crippen molar-refractivity contribution in [1.82, 2.24) is 4.98 Å². The molecule has 0 aliphatic carbocycles. The van der Waals surface area contributed by atoms with Gasteiger partial charge >= 0.3 is 0 Å². The zero-order valence-electron chi connectivity index (χ0n) is 8.66. The van der Waals surface area contributed by atoms with Crippen molar-refractivity contribution in [3.63, 3.8) is 0 Å². The van der Waals surface area contributed by atoms with Crippen LogP contribution in [0.2, 0.25) is 0 Å². The highest BCUT2D eigenvalue weighted by Crippen LogP contribution is 2.27. The lowest BCUT2D eigenvalue weighted by molar-refractivity contribution is 1.30. The zero-order valence-corrected chi connectivity index (χ0v) is 9.48. The number of aryl methyl sites for hydroxylation is 3. The van der Waals surface area contributed by atoms with E-state index in [-0.39, 0.29) is 0 Å². The van der Waals surface area contributed by atoms with Gasteiger partial charge in [0.1, 0.15) is 0 Å². The first-order chi connectivity index (χ1) is 6.66. The zero-order chi connectivity index (χ0) is 10.1. The van der Waals surface area contributed by atoms with Gasteiger partial charge in [-0.1, -0.05) is 18.2 Å². The van der Waals surface area contributed by atoms with E-state index in [1.807, 2.05) is 13.1 Å². The molecule has 1 nitrogen and oxygen atoms in total. The van der Waals surface area contributed by atoms with E-state index in [0.717, 1.165) is 5.01 Å². The van der Waals surface area contributed by atoms with Gasteiger partial charge in [0.15, 0.2) is 0 Å². The maximum Gasteiger partial charge on any atom is 0.0900 e. The number of benzene rings is 1. The highest BCUT2D eigenvalue weighted by molar-refractivity contribution is 7.15. The molecular formula is C12H13NS. The van der Waals surface area contributed by atoms with E-state index >= 15 is 0 Å². The number of aromatic nitrogens is 1. The second-order valence-electron chi connectivity index (χ2n) is 3.54.